The van der Waals surface area contributed by atoms with Crippen LogP contribution in [0.2, 0.25) is 0 Å². The number of aromatic nitrogens is 3. The highest BCUT2D eigenvalue weighted by atomic mass is 16.5. The van der Waals surface area contributed by atoms with E-state index < -0.39 is 5.97 Å². The molecule has 0 aromatic carbocycles. The fraction of sp³-hybridized carbons (Fsp3) is 0.417. The van der Waals surface area contributed by atoms with Crippen molar-refractivity contribution in [2.45, 2.75) is 25.4 Å². The van der Waals surface area contributed by atoms with Crippen LogP contribution < -0.4 is 5.32 Å². The van der Waals surface area contributed by atoms with Gasteiger partial charge >= 0.3 is 5.97 Å². The van der Waals surface area contributed by atoms with Gasteiger partial charge in [0.2, 0.25) is 0 Å². The Morgan fingerprint density at radius 3 is 3.11 bits per heavy atom. The molecule has 0 saturated heterocycles. The summed E-state index contributed by atoms with van der Waals surface area (Å²) >= 11 is 0. The molecule has 0 atom stereocenters. The van der Waals surface area contributed by atoms with Crippen molar-refractivity contribution in [1.82, 2.24) is 19.9 Å². The molecule has 18 heavy (non-hydrogen) atoms. The summed E-state index contributed by atoms with van der Waals surface area (Å²) in [5.41, 5.74) is 0.974. The van der Waals surface area contributed by atoms with Crippen molar-refractivity contribution < 1.29 is 9.53 Å². The van der Waals surface area contributed by atoms with Gasteiger partial charge in [-0.3, -0.25) is 4.40 Å². The van der Waals surface area contributed by atoms with Gasteiger partial charge in [0, 0.05) is 12.2 Å². The molecular formula is C12H14N4O2. The van der Waals surface area contributed by atoms with Crippen LogP contribution in [0.15, 0.2) is 18.3 Å². The van der Waals surface area contributed by atoms with Crippen LogP contribution >= 0.6 is 0 Å². The van der Waals surface area contributed by atoms with Crippen molar-refractivity contribution in [3.8, 4) is 0 Å². The molecule has 2 aromatic rings. The van der Waals surface area contributed by atoms with E-state index in [4.69, 9.17) is 4.74 Å². The number of carbonyl (C=O) groups is 1. The number of carbonyl (C=O) groups excluding carboxylic acids is 1. The minimum Gasteiger partial charge on any atom is -0.465 e. The molecule has 0 radical (unpaired) electrons. The van der Waals surface area contributed by atoms with E-state index in [2.05, 4.69) is 15.5 Å². The van der Waals surface area contributed by atoms with E-state index in [1.165, 1.54) is 20.0 Å². The van der Waals surface area contributed by atoms with E-state index in [1.54, 1.807) is 12.1 Å². The third-order valence-corrected chi connectivity index (χ3v) is 3.04. The van der Waals surface area contributed by atoms with Crippen molar-refractivity contribution in [3.63, 3.8) is 0 Å². The first kappa shape index (κ1) is 11.2. The van der Waals surface area contributed by atoms with Gasteiger partial charge in [0.1, 0.15) is 5.56 Å². The molecule has 0 aliphatic heterocycles. The van der Waals surface area contributed by atoms with Crippen LogP contribution in [0.25, 0.3) is 5.65 Å². The van der Waals surface area contributed by atoms with Crippen molar-refractivity contribution in [1.29, 1.82) is 0 Å². The van der Waals surface area contributed by atoms with Gasteiger partial charge in [0.15, 0.2) is 11.5 Å². The molecule has 1 aliphatic carbocycles. The van der Waals surface area contributed by atoms with Crippen molar-refractivity contribution in [3.05, 3.63) is 29.7 Å². The molecule has 2 aromatic heterocycles. The van der Waals surface area contributed by atoms with Crippen molar-refractivity contribution >= 4 is 11.6 Å². The Morgan fingerprint density at radius 2 is 2.39 bits per heavy atom. The van der Waals surface area contributed by atoms with E-state index in [0.717, 1.165) is 5.82 Å². The number of hydrogen-bond acceptors (Lipinski definition) is 5. The topological polar surface area (TPSA) is 68.5 Å². The first-order chi connectivity index (χ1) is 8.79. The second kappa shape index (κ2) is 4.38. The van der Waals surface area contributed by atoms with Gasteiger partial charge in [-0.25, -0.2) is 4.79 Å². The number of ether oxygens (including phenoxy) is 1. The molecule has 6 heteroatoms. The highest BCUT2D eigenvalue weighted by molar-refractivity contribution is 5.95. The maximum absolute atomic E-state index is 11.6. The Labute approximate surface area is 104 Å². The van der Waals surface area contributed by atoms with Gasteiger partial charge in [0.05, 0.1) is 13.7 Å². The summed E-state index contributed by atoms with van der Waals surface area (Å²) < 4.78 is 6.55. The Morgan fingerprint density at radius 1 is 1.56 bits per heavy atom. The average molecular weight is 246 g/mol. The van der Waals surface area contributed by atoms with Crippen LogP contribution in [-0.2, 0) is 11.3 Å². The smallest absolute Gasteiger partial charge is 0.341 e. The van der Waals surface area contributed by atoms with Crippen LogP contribution in [0.3, 0.4) is 0 Å². The summed E-state index contributed by atoms with van der Waals surface area (Å²) in [5, 5.41) is 11.5. The predicted molar refractivity (Wildman–Crippen MR) is 64.2 cm³/mol. The van der Waals surface area contributed by atoms with Crippen LogP contribution in [0.5, 0.6) is 0 Å². The lowest BCUT2D eigenvalue weighted by Gasteiger charge is -2.03. The van der Waals surface area contributed by atoms with Gasteiger partial charge in [-0.2, -0.15) is 0 Å². The fourth-order valence-corrected chi connectivity index (χ4v) is 1.88. The summed E-state index contributed by atoms with van der Waals surface area (Å²) in [5.74, 6) is 0.414. The third kappa shape index (κ3) is 1.95. The zero-order chi connectivity index (χ0) is 12.5. The SMILES string of the molecule is COC(=O)c1cccn2c(CNC3CC3)nnc12. The zero-order valence-corrected chi connectivity index (χ0v) is 10.1. The number of hydrogen-bond donors (Lipinski definition) is 1. The van der Waals surface area contributed by atoms with Crippen LogP contribution in [0.1, 0.15) is 29.0 Å². The second-order valence-electron chi connectivity index (χ2n) is 4.38. The highest BCUT2D eigenvalue weighted by Gasteiger charge is 2.21. The monoisotopic (exact) mass is 246 g/mol. The molecule has 0 bridgehead atoms. The maximum atomic E-state index is 11.6. The Balaban J connectivity index is 1.94. The quantitative estimate of drug-likeness (QED) is 0.807. The lowest BCUT2D eigenvalue weighted by atomic mass is 10.3. The largest absolute Gasteiger partial charge is 0.465 e. The van der Waals surface area contributed by atoms with E-state index in [0.29, 0.717) is 23.8 Å². The van der Waals surface area contributed by atoms with Gasteiger partial charge in [0.25, 0.3) is 0 Å². The van der Waals surface area contributed by atoms with Crippen molar-refractivity contribution in [2.24, 2.45) is 0 Å². The summed E-state index contributed by atoms with van der Waals surface area (Å²) in [6.45, 7) is 0.663. The highest BCUT2D eigenvalue weighted by Crippen LogP contribution is 2.19. The van der Waals surface area contributed by atoms with E-state index >= 15 is 0 Å². The van der Waals surface area contributed by atoms with Gasteiger partial charge < -0.3 is 10.1 Å². The zero-order valence-electron chi connectivity index (χ0n) is 10.1. The van der Waals surface area contributed by atoms with Gasteiger partial charge in [-0.05, 0) is 25.0 Å². The van der Waals surface area contributed by atoms with Gasteiger partial charge in [-0.1, -0.05) is 0 Å². The van der Waals surface area contributed by atoms with Crippen LogP contribution in [0.4, 0.5) is 0 Å². The summed E-state index contributed by atoms with van der Waals surface area (Å²) in [6.07, 6.45) is 4.31. The summed E-state index contributed by atoms with van der Waals surface area (Å²) in [6, 6.07) is 4.10. The minimum atomic E-state index is -0.394. The van der Waals surface area contributed by atoms with E-state index in [9.17, 15) is 4.79 Å². The number of rotatable bonds is 4. The molecule has 2 heterocycles. The lowest BCUT2D eigenvalue weighted by Crippen LogP contribution is -2.17. The molecule has 0 amide bonds. The minimum absolute atomic E-state index is 0.394. The molecule has 1 saturated carbocycles. The summed E-state index contributed by atoms with van der Waals surface area (Å²) in [7, 11) is 1.36. The Kier molecular flexibility index (Phi) is 2.71. The predicted octanol–water partition coefficient (Wildman–Crippen LogP) is 0.768. The molecular weight excluding hydrogens is 232 g/mol. The number of esters is 1. The molecule has 6 nitrogen and oxygen atoms in total. The second-order valence-corrected chi connectivity index (χ2v) is 4.38. The first-order valence-corrected chi connectivity index (χ1v) is 5.94. The molecule has 1 aliphatic rings. The number of nitrogens with zero attached hydrogens (tertiary/aromatic N) is 3. The van der Waals surface area contributed by atoms with E-state index in [-0.39, 0.29) is 0 Å². The van der Waals surface area contributed by atoms with Crippen LogP contribution in [-0.4, -0.2) is 33.7 Å². The lowest BCUT2D eigenvalue weighted by molar-refractivity contribution is 0.0602. The normalized spacial score (nSPS) is 14.9. The molecule has 0 spiro atoms. The fourth-order valence-electron chi connectivity index (χ4n) is 1.88. The number of methoxy groups -OCH3 is 1. The number of pyridine rings is 1. The summed E-state index contributed by atoms with van der Waals surface area (Å²) in [4.78, 5) is 11.6. The Bertz CT molecular complexity index is 589. The first-order valence-electron chi connectivity index (χ1n) is 5.94. The van der Waals surface area contributed by atoms with E-state index in [1.807, 2.05) is 10.6 Å². The standard InChI is InChI=1S/C12H14N4O2/c1-18-12(17)9-3-2-6-16-10(14-15-11(9)16)7-13-8-4-5-8/h2-3,6,8,13H,4-5,7H2,1H3. The van der Waals surface area contributed by atoms with Crippen LogP contribution in [0, 0.1) is 0 Å². The average Bonchev–Trinajstić information content (AvgIpc) is 3.14. The Hall–Kier alpha value is -1.95. The molecule has 3 rings (SSSR count). The molecule has 94 valence electrons. The van der Waals surface area contributed by atoms with Gasteiger partial charge in [-0.15, -0.1) is 10.2 Å². The molecule has 0 unspecified atom stereocenters. The number of fused-ring (bicyclic) bond motifs is 1. The molecule has 1 N–H and O–H groups in total. The number of nitrogens with one attached hydrogen (secondary N) is 1. The van der Waals surface area contributed by atoms with Crippen molar-refractivity contribution in [2.75, 3.05) is 7.11 Å². The third-order valence-electron chi connectivity index (χ3n) is 3.04. The maximum Gasteiger partial charge on any atom is 0.341 e. The molecule has 1 fully saturated rings.